The second-order valence-corrected chi connectivity index (χ2v) is 9.80. The second kappa shape index (κ2) is 9.38. The minimum absolute atomic E-state index is 0.156. The summed E-state index contributed by atoms with van der Waals surface area (Å²) < 4.78 is 27.2. The predicted octanol–water partition coefficient (Wildman–Crippen LogP) is 2.93. The first-order chi connectivity index (χ1) is 13.9. The van der Waals surface area contributed by atoms with E-state index in [0.29, 0.717) is 41.5 Å². The standard InChI is InChI=1S/C19H24N4O4S2/c1-2-20-19(25)22-16-8-3-7-15(12-16)21-18(24)14-6-4-10-23(13-14)29(26,27)17-9-5-11-28-17/h3,5,7-9,11-12,14H,2,4,6,10,13H2,1H3,(H,21,24)(H2,20,22,25). The summed E-state index contributed by atoms with van der Waals surface area (Å²) in [6, 6.07) is 9.80. The summed E-state index contributed by atoms with van der Waals surface area (Å²) in [6.45, 7) is 2.90. The number of nitrogens with zero attached hydrogens (tertiary/aromatic N) is 1. The zero-order valence-corrected chi connectivity index (χ0v) is 17.7. The molecule has 156 valence electrons. The number of sulfonamides is 1. The number of amides is 3. The molecule has 29 heavy (non-hydrogen) atoms. The predicted molar refractivity (Wildman–Crippen MR) is 114 cm³/mol. The fourth-order valence-corrected chi connectivity index (χ4v) is 5.84. The Hall–Kier alpha value is -2.43. The highest BCUT2D eigenvalue weighted by atomic mass is 32.2. The third-order valence-corrected chi connectivity index (χ3v) is 7.81. The molecule has 1 fully saturated rings. The van der Waals surface area contributed by atoms with Crippen LogP contribution < -0.4 is 16.0 Å². The maximum absolute atomic E-state index is 12.7. The fraction of sp³-hybridized carbons (Fsp3) is 0.368. The summed E-state index contributed by atoms with van der Waals surface area (Å²) in [6.07, 6.45) is 1.25. The van der Waals surface area contributed by atoms with Crippen molar-refractivity contribution in [3.05, 3.63) is 41.8 Å². The van der Waals surface area contributed by atoms with E-state index in [0.717, 1.165) is 0 Å². The number of piperidine rings is 1. The Morgan fingerprint density at radius 1 is 1.17 bits per heavy atom. The van der Waals surface area contributed by atoms with Gasteiger partial charge in [0.2, 0.25) is 5.91 Å². The van der Waals surface area contributed by atoms with Gasteiger partial charge in [-0.2, -0.15) is 4.31 Å². The molecule has 1 aromatic carbocycles. The number of rotatable bonds is 6. The van der Waals surface area contributed by atoms with Gasteiger partial charge in [0, 0.05) is 31.0 Å². The van der Waals surface area contributed by atoms with Crippen LogP contribution in [0.25, 0.3) is 0 Å². The first-order valence-corrected chi connectivity index (χ1v) is 11.7. The molecule has 1 unspecified atom stereocenters. The third-order valence-electron chi connectivity index (χ3n) is 4.57. The summed E-state index contributed by atoms with van der Waals surface area (Å²) >= 11 is 1.18. The lowest BCUT2D eigenvalue weighted by molar-refractivity contribution is -0.120. The van der Waals surface area contributed by atoms with E-state index in [9.17, 15) is 18.0 Å². The van der Waals surface area contributed by atoms with Gasteiger partial charge in [0.25, 0.3) is 10.0 Å². The number of urea groups is 1. The van der Waals surface area contributed by atoms with Crippen LogP contribution in [0.4, 0.5) is 16.2 Å². The van der Waals surface area contributed by atoms with E-state index in [4.69, 9.17) is 0 Å². The number of hydrogen-bond acceptors (Lipinski definition) is 5. The monoisotopic (exact) mass is 436 g/mol. The van der Waals surface area contributed by atoms with Crippen molar-refractivity contribution in [2.24, 2.45) is 5.92 Å². The second-order valence-electron chi connectivity index (χ2n) is 6.69. The molecule has 0 radical (unpaired) electrons. The maximum Gasteiger partial charge on any atom is 0.319 e. The number of nitrogens with one attached hydrogen (secondary N) is 3. The molecule has 10 heteroatoms. The lowest BCUT2D eigenvalue weighted by Gasteiger charge is -2.30. The average Bonchev–Trinajstić information content (AvgIpc) is 3.24. The van der Waals surface area contributed by atoms with E-state index in [1.54, 1.807) is 41.8 Å². The molecule has 1 atom stereocenters. The van der Waals surface area contributed by atoms with Gasteiger partial charge < -0.3 is 16.0 Å². The van der Waals surface area contributed by atoms with E-state index in [-0.39, 0.29) is 18.5 Å². The van der Waals surface area contributed by atoms with Crippen LogP contribution in [0.15, 0.2) is 46.0 Å². The van der Waals surface area contributed by atoms with Crippen molar-refractivity contribution >= 4 is 44.7 Å². The first kappa shape index (κ1) is 21.3. The number of thiophene rings is 1. The minimum Gasteiger partial charge on any atom is -0.338 e. The summed E-state index contributed by atoms with van der Waals surface area (Å²) in [5.74, 6) is -0.662. The van der Waals surface area contributed by atoms with E-state index >= 15 is 0 Å². The van der Waals surface area contributed by atoms with Crippen LogP contribution in [0.5, 0.6) is 0 Å². The van der Waals surface area contributed by atoms with Crippen molar-refractivity contribution in [2.45, 2.75) is 24.0 Å². The van der Waals surface area contributed by atoms with Gasteiger partial charge in [0.1, 0.15) is 4.21 Å². The molecule has 1 aliphatic rings. The van der Waals surface area contributed by atoms with Gasteiger partial charge in [-0.05, 0) is 49.4 Å². The number of hydrogen-bond donors (Lipinski definition) is 3. The Kier molecular flexibility index (Phi) is 6.88. The van der Waals surface area contributed by atoms with Crippen molar-refractivity contribution in [2.75, 3.05) is 30.3 Å². The summed E-state index contributed by atoms with van der Waals surface area (Å²) in [5, 5.41) is 9.89. The van der Waals surface area contributed by atoms with Crippen molar-refractivity contribution in [1.29, 1.82) is 0 Å². The highest BCUT2D eigenvalue weighted by molar-refractivity contribution is 7.91. The van der Waals surface area contributed by atoms with Gasteiger partial charge >= 0.3 is 6.03 Å². The minimum atomic E-state index is -3.57. The molecule has 8 nitrogen and oxygen atoms in total. The Balaban J connectivity index is 1.64. The summed E-state index contributed by atoms with van der Waals surface area (Å²) in [4.78, 5) is 24.4. The smallest absolute Gasteiger partial charge is 0.319 e. The van der Waals surface area contributed by atoms with Gasteiger partial charge in [-0.1, -0.05) is 12.1 Å². The first-order valence-electron chi connectivity index (χ1n) is 9.39. The molecule has 0 spiro atoms. The fourth-order valence-electron chi connectivity index (χ4n) is 3.17. The summed E-state index contributed by atoms with van der Waals surface area (Å²) in [7, 11) is -3.57. The van der Waals surface area contributed by atoms with Gasteiger partial charge in [-0.15, -0.1) is 11.3 Å². The number of benzene rings is 1. The molecule has 0 bridgehead atoms. The molecule has 1 aromatic heterocycles. The van der Waals surface area contributed by atoms with Gasteiger partial charge in [-0.25, -0.2) is 13.2 Å². The normalized spacial score (nSPS) is 17.5. The number of carbonyl (C=O) groups is 2. The highest BCUT2D eigenvalue weighted by Gasteiger charge is 2.33. The Morgan fingerprint density at radius 3 is 2.62 bits per heavy atom. The van der Waals surface area contributed by atoms with Crippen LogP contribution in [0.3, 0.4) is 0 Å². The van der Waals surface area contributed by atoms with Crippen molar-refractivity contribution in [3.8, 4) is 0 Å². The topological polar surface area (TPSA) is 108 Å². The molecule has 0 saturated carbocycles. The molecular weight excluding hydrogens is 412 g/mol. The van der Waals surface area contributed by atoms with Gasteiger partial charge in [-0.3, -0.25) is 4.79 Å². The lowest BCUT2D eigenvalue weighted by Crippen LogP contribution is -2.43. The molecule has 3 rings (SSSR count). The largest absolute Gasteiger partial charge is 0.338 e. The molecule has 2 heterocycles. The molecular formula is C19H24N4O4S2. The maximum atomic E-state index is 12.7. The van der Waals surface area contributed by atoms with Gasteiger partial charge in [0.15, 0.2) is 0 Å². The van der Waals surface area contributed by atoms with Gasteiger partial charge in [0.05, 0.1) is 5.92 Å². The van der Waals surface area contributed by atoms with E-state index in [1.165, 1.54) is 15.6 Å². The zero-order chi connectivity index (χ0) is 20.9. The molecule has 3 amide bonds. The third kappa shape index (κ3) is 5.34. The van der Waals surface area contributed by atoms with Crippen molar-refractivity contribution < 1.29 is 18.0 Å². The van der Waals surface area contributed by atoms with Crippen molar-refractivity contribution in [3.63, 3.8) is 0 Å². The molecule has 2 aromatic rings. The van der Waals surface area contributed by atoms with E-state index in [1.807, 2.05) is 6.92 Å². The van der Waals surface area contributed by atoms with Crippen molar-refractivity contribution in [1.82, 2.24) is 9.62 Å². The Labute approximate surface area is 174 Å². The quantitative estimate of drug-likeness (QED) is 0.647. The molecule has 3 N–H and O–H groups in total. The van der Waals surface area contributed by atoms with E-state index < -0.39 is 15.9 Å². The van der Waals surface area contributed by atoms with Crippen LogP contribution in [-0.2, 0) is 14.8 Å². The lowest BCUT2D eigenvalue weighted by atomic mass is 9.98. The highest BCUT2D eigenvalue weighted by Crippen LogP contribution is 2.27. The summed E-state index contributed by atoms with van der Waals surface area (Å²) in [5.41, 5.74) is 1.10. The Morgan fingerprint density at radius 2 is 1.93 bits per heavy atom. The average molecular weight is 437 g/mol. The molecule has 0 aliphatic carbocycles. The number of anilines is 2. The van der Waals surface area contributed by atoms with E-state index in [2.05, 4.69) is 16.0 Å². The number of carbonyl (C=O) groups excluding carboxylic acids is 2. The molecule has 1 aliphatic heterocycles. The Bertz CT molecular complexity index is 960. The molecule has 1 saturated heterocycles. The van der Waals surface area contributed by atoms with Crippen LogP contribution >= 0.6 is 11.3 Å². The SMILES string of the molecule is CCNC(=O)Nc1cccc(NC(=O)C2CCCN(S(=O)(=O)c3cccs3)C2)c1. The van der Waals surface area contributed by atoms with Crippen LogP contribution in [0, 0.1) is 5.92 Å². The van der Waals surface area contributed by atoms with Crippen LogP contribution in [0.1, 0.15) is 19.8 Å². The zero-order valence-electron chi connectivity index (χ0n) is 16.1. The van der Waals surface area contributed by atoms with Crippen LogP contribution in [-0.4, -0.2) is 44.3 Å². The van der Waals surface area contributed by atoms with Crippen LogP contribution in [0.2, 0.25) is 0 Å².